The van der Waals surface area contributed by atoms with Crippen LogP contribution in [-0.2, 0) is 11.3 Å². The largest absolute Gasteiger partial charge is 0.497 e. The number of ether oxygens (including phenoxy) is 1. The van der Waals surface area contributed by atoms with Gasteiger partial charge in [0, 0.05) is 38.3 Å². The van der Waals surface area contributed by atoms with E-state index in [1.165, 1.54) is 12.4 Å². The number of carbonyl (C=O) groups excluding carboxylic acids is 1. The number of piperazine rings is 1. The van der Waals surface area contributed by atoms with Gasteiger partial charge in [-0.25, -0.2) is 14.6 Å². The lowest BCUT2D eigenvalue weighted by atomic mass is 10.1. The number of methoxy groups -OCH3 is 1. The van der Waals surface area contributed by atoms with Crippen LogP contribution in [0.2, 0.25) is 0 Å². The van der Waals surface area contributed by atoms with Gasteiger partial charge in [0.15, 0.2) is 5.65 Å². The van der Waals surface area contributed by atoms with Gasteiger partial charge < -0.3 is 15.4 Å². The molecule has 0 spiro atoms. The first kappa shape index (κ1) is 23.7. The molecule has 1 aliphatic heterocycles. The Kier molecular flexibility index (Phi) is 7.42. The molecule has 0 radical (unpaired) electrons. The maximum absolute atomic E-state index is 11.7. The number of benzene rings is 1. The third-order valence-corrected chi connectivity index (χ3v) is 6.32. The lowest BCUT2D eigenvalue weighted by Gasteiger charge is -2.34. The van der Waals surface area contributed by atoms with E-state index < -0.39 is 0 Å². The number of carbonyl (C=O) groups is 1. The predicted molar refractivity (Wildman–Crippen MR) is 134 cm³/mol. The molecule has 1 amide bonds. The number of nitrogens with two attached hydrogens (primary N) is 1. The van der Waals surface area contributed by atoms with E-state index in [-0.39, 0.29) is 5.91 Å². The number of hydrogen-bond donors (Lipinski definition) is 1. The summed E-state index contributed by atoms with van der Waals surface area (Å²) < 4.78 is 7.39. The third-order valence-electron chi connectivity index (χ3n) is 6.32. The molecule has 0 aliphatic carbocycles. The third kappa shape index (κ3) is 5.20. The molecule has 9 heteroatoms. The van der Waals surface area contributed by atoms with Crippen LogP contribution in [0.5, 0.6) is 5.75 Å². The number of nitrogen functional groups attached to an aromatic ring is 1. The van der Waals surface area contributed by atoms with Crippen molar-refractivity contribution in [3.8, 4) is 17.0 Å². The fraction of sp³-hybridized carbons (Fsp3) is 0.440. The molecule has 9 nitrogen and oxygen atoms in total. The van der Waals surface area contributed by atoms with Crippen LogP contribution < -0.4 is 10.5 Å². The normalized spacial score (nSPS) is 14.5. The molecule has 2 N–H and O–H groups in total. The first-order valence-corrected chi connectivity index (χ1v) is 11.8. The standard InChI is InChI=1S/C25H33N7O2/c1-4-21(33)31-12-10-30(11-13-31)8-6-5-7-9-32-25-22(24(26)27-17-28-25)23(29-32)19-14-18(2)15-20(16-19)34-3/h4,14-17H,1,5-13H2,2-3H3,(H2,26,27,28). The summed E-state index contributed by atoms with van der Waals surface area (Å²) in [4.78, 5) is 24.7. The lowest BCUT2D eigenvalue weighted by Crippen LogP contribution is -2.48. The van der Waals surface area contributed by atoms with Crippen molar-refractivity contribution in [2.45, 2.75) is 32.7 Å². The van der Waals surface area contributed by atoms with E-state index in [1.807, 2.05) is 28.6 Å². The fourth-order valence-corrected chi connectivity index (χ4v) is 4.49. The molecule has 3 aromatic rings. The molecule has 1 fully saturated rings. The SMILES string of the molecule is C=CC(=O)N1CCN(CCCCCn2nc(-c3cc(C)cc(OC)c3)c3c(N)ncnc32)CC1. The summed E-state index contributed by atoms with van der Waals surface area (Å²) in [6, 6.07) is 6.02. The van der Waals surface area contributed by atoms with E-state index in [4.69, 9.17) is 15.6 Å². The molecule has 1 saturated heterocycles. The summed E-state index contributed by atoms with van der Waals surface area (Å²) in [5.41, 5.74) is 9.80. The summed E-state index contributed by atoms with van der Waals surface area (Å²) in [6.07, 6.45) is 6.07. The molecular weight excluding hydrogens is 430 g/mol. The summed E-state index contributed by atoms with van der Waals surface area (Å²) in [5.74, 6) is 1.24. The van der Waals surface area contributed by atoms with E-state index in [2.05, 4.69) is 27.5 Å². The first-order valence-electron chi connectivity index (χ1n) is 11.8. The van der Waals surface area contributed by atoms with Gasteiger partial charge in [0.05, 0.1) is 12.5 Å². The Morgan fingerprint density at radius 3 is 2.62 bits per heavy atom. The maximum Gasteiger partial charge on any atom is 0.246 e. The minimum Gasteiger partial charge on any atom is -0.497 e. The summed E-state index contributed by atoms with van der Waals surface area (Å²) in [7, 11) is 1.66. The van der Waals surface area contributed by atoms with E-state index >= 15 is 0 Å². The molecule has 0 atom stereocenters. The Morgan fingerprint density at radius 2 is 1.88 bits per heavy atom. The smallest absolute Gasteiger partial charge is 0.246 e. The highest BCUT2D eigenvalue weighted by atomic mass is 16.5. The molecule has 0 unspecified atom stereocenters. The van der Waals surface area contributed by atoms with Crippen LogP contribution >= 0.6 is 0 Å². The van der Waals surface area contributed by atoms with Crippen molar-refractivity contribution in [3.63, 3.8) is 0 Å². The lowest BCUT2D eigenvalue weighted by molar-refractivity contribution is -0.127. The number of nitrogens with zero attached hydrogens (tertiary/aromatic N) is 6. The second-order valence-electron chi connectivity index (χ2n) is 8.70. The van der Waals surface area contributed by atoms with Gasteiger partial charge in [-0.1, -0.05) is 13.0 Å². The molecule has 2 aromatic heterocycles. The second kappa shape index (κ2) is 10.6. The average molecular weight is 464 g/mol. The van der Waals surface area contributed by atoms with Gasteiger partial charge >= 0.3 is 0 Å². The van der Waals surface area contributed by atoms with Crippen LogP contribution in [0.25, 0.3) is 22.3 Å². The minimum absolute atomic E-state index is 0.0269. The van der Waals surface area contributed by atoms with Gasteiger partial charge in [0.2, 0.25) is 5.91 Å². The van der Waals surface area contributed by atoms with Gasteiger partial charge in [-0.2, -0.15) is 5.10 Å². The highest BCUT2D eigenvalue weighted by molar-refractivity contribution is 5.98. The zero-order chi connectivity index (χ0) is 24.1. The maximum atomic E-state index is 11.7. The number of amides is 1. The predicted octanol–water partition coefficient (Wildman–Crippen LogP) is 2.89. The quantitative estimate of drug-likeness (QED) is 0.384. The van der Waals surface area contributed by atoms with Gasteiger partial charge in [-0.15, -0.1) is 0 Å². The topological polar surface area (TPSA) is 102 Å². The van der Waals surface area contributed by atoms with Crippen LogP contribution in [0, 0.1) is 6.92 Å². The number of rotatable bonds is 9. The van der Waals surface area contributed by atoms with E-state index in [0.29, 0.717) is 5.82 Å². The molecular formula is C25H33N7O2. The Balaban J connectivity index is 1.38. The van der Waals surface area contributed by atoms with Crippen molar-refractivity contribution in [3.05, 3.63) is 42.7 Å². The average Bonchev–Trinajstić information content (AvgIpc) is 3.23. The van der Waals surface area contributed by atoms with E-state index in [0.717, 1.165) is 92.1 Å². The van der Waals surface area contributed by atoms with Gasteiger partial charge in [0.1, 0.15) is 23.6 Å². The molecule has 34 heavy (non-hydrogen) atoms. The van der Waals surface area contributed by atoms with Crippen molar-refractivity contribution >= 4 is 22.8 Å². The summed E-state index contributed by atoms with van der Waals surface area (Å²) in [5, 5.41) is 5.66. The van der Waals surface area contributed by atoms with Gasteiger partial charge in [-0.05, 0) is 56.1 Å². The highest BCUT2D eigenvalue weighted by Crippen LogP contribution is 2.33. The number of hydrogen-bond acceptors (Lipinski definition) is 7. The number of aromatic nitrogens is 4. The van der Waals surface area contributed by atoms with Crippen LogP contribution in [0.4, 0.5) is 5.82 Å². The summed E-state index contributed by atoms with van der Waals surface area (Å²) >= 11 is 0. The molecule has 0 bridgehead atoms. The number of fused-ring (bicyclic) bond motifs is 1. The van der Waals surface area contributed by atoms with Crippen LogP contribution in [-0.4, -0.2) is 75.3 Å². The Labute approximate surface area is 200 Å². The fourth-order valence-electron chi connectivity index (χ4n) is 4.49. The van der Waals surface area contributed by atoms with Crippen LogP contribution in [0.15, 0.2) is 37.2 Å². The van der Waals surface area contributed by atoms with E-state index in [1.54, 1.807) is 7.11 Å². The monoisotopic (exact) mass is 463 g/mol. The Hall–Kier alpha value is -3.46. The van der Waals surface area contributed by atoms with Crippen LogP contribution in [0.3, 0.4) is 0 Å². The van der Waals surface area contributed by atoms with Crippen LogP contribution in [0.1, 0.15) is 24.8 Å². The first-order chi connectivity index (χ1) is 16.5. The Morgan fingerprint density at radius 1 is 1.12 bits per heavy atom. The zero-order valence-electron chi connectivity index (χ0n) is 20.0. The van der Waals surface area contributed by atoms with Crippen molar-refractivity contribution in [2.75, 3.05) is 45.6 Å². The molecule has 1 aromatic carbocycles. The van der Waals surface area contributed by atoms with E-state index in [9.17, 15) is 4.79 Å². The number of anilines is 1. The second-order valence-corrected chi connectivity index (χ2v) is 8.70. The summed E-state index contributed by atoms with van der Waals surface area (Å²) in [6.45, 7) is 10.8. The van der Waals surface area contributed by atoms with Crippen molar-refractivity contribution in [2.24, 2.45) is 0 Å². The zero-order valence-corrected chi connectivity index (χ0v) is 20.0. The molecule has 1 aliphatic rings. The van der Waals surface area contributed by atoms with Gasteiger partial charge in [0.25, 0.3) is 0 Å². The number of unbranched alkanes of at least 4 members (excludes halogenated alkanes) is 2. The molecule has 0 saturated carbocycles. The van der Waals surface area contributed by atoms with Gasteiger partial charge in [-0.3, -0.25) is 9.69 Å². The molecule has 180 valence electrons. The van der Waals surface area contributed by atoms with Crippen molar-refractivity contribution < 1.29 is 9.53 Å². The number of aryl methyl sites for hydroxylation is 2. The molecule has 3 heterocycles. The van der Waals surface area contributed by atoms with Crippen molar-refractivity contribution in [1.82, 2.24) is 29.5 Å². The highest BCUT2D eigenvalue weighted by Gasteiger charge is 2.19. The van der Waals surface area contributed by atoms with Crippen molar-refractivity contribution in [1.29, 1.82) is 0 Å². The minimum atomic E-state index is 0.0269. The Bertz CT molecular complexity index is 1170. The molecule has 4 rings (SSSR count).